The molecule has 3 aromatic heterocycles. The minimum atomic E-state index is -0.0206. The molecule has 6 nitrogen and oxygen atoms in total. The summed E-state index contributed by atoms with van der Waals surface area (Å²) in [6, 6.07) is 14.3. The van der Waals surface area contributed by atoms with E-state index in [0.29, 0.717) is 0 Å². The van der Waals surface area contributed by atoms with Crippen molar-refractivity contribution in [2.75, 3.05) is 13.2 Å². The number of aromatic nitrogens is 3. The summed E-state index contributed by atoms with van der Waals surface area (Å²) in [4.78, 5) is 11.5. The Hall–Kier alpha value is -2.77. The molecular formula is C24H27N5OS. The number of hydrogen-bond donors (Lipinski definition) is 1. The number of pyridine rings is 2. The Kier molecular flexibility index (Phi) is 5.46. The monoisotopic (exact) mass is 433 g/mol. The van der Waals surface area contributed by atoms with Gasteiger partial charge >= 0.3 is 0 Å². The van der Waals surface area contributed by atoms with Gasteiger partial charge in [0.1, 0.15) is 5.82 Å². The van der Waals surface area contributed by atoms with Gasteiger partial charge in [-0.1, -0.05) is 12.1 Å². The first-order valence-corrected chi connectivity index (χ1v) is 11.2. The van der Waals surface area contributed by atoms with E-state index in [1.165, 1.54) is 11.3 Å². The quantitative estimate of drug-likeness (QED) is 0.613. The van der Waals surface area contributed by atoms with E-state index in [2.05, 4.69) is 50.7 Å². The fraction of sp³-hybridized carbons (Fsp3) is 0.375. The maximum atomic E-state index is 5.96. The van der Waals surface area contributed by atoms with Crippen molar-refractivity contribution in [3.8, 4) is 5.82 Å². The van der Waals surface area contributed by atoms with E-state index >= 15 is 0 Å². The minimum absolute atomic E-state index is 0.0206. The van der Waals surface area contributed by atoms with E-state index in [4.69, 9.17) is 17.0 Å². The first-order chi connectivity index (χ1) is 15.1. The summed E-state index contributed by atoms with van der Waals surface area (Å²) in [6.45, 7) is 5.92. The van der Waals surface area contributed by atoms with Crippen LogP contribution < -0.4 is 5.32 Å². The maximum Gasteiger partial charge on any atom is 0.170 e. The number of rotatable bonds is 5. The maximum absolute atomic E-state index is 5.96. The van der Waals surface area contributed by atoms with Crippen molar-refractivity contribution >= 4 is 17.3 Å². The van der Waals surface area contributed by atoms with Crippen molar-refractivity contribution in [1.82, 2.24) is 24.8 Å². The lowest BCUT2D eigenvalue weighted by atomic mass is 9.96. The molecule has 0 aliphatic carbocycles. The molecule has 3 aromatic rings. The van der Waals surface area contributed by atoms with Crippen molar-refractivity contribution in [3.05, 3.63) is 77.5 Å². The van der Waals surface area contributed by atoms with Crippen LogP contribution in [0.2, 0.25) is 0 Å². The smallest absolute Gasteiger partial charge is 0.170 e. The van der Waals surface area contributed by atoms with Crippen LogP contribution in [0.1, 0.15) is 47.6 Å². The molecule has 0 bridgehead atoms. The van der Waals surface area contributed by atoms with Crippen LogP contribution in [0.3, 0.4) is 0 Å². The number of hydrogen-bond acceptors (Lipinski definition) is 4. The van der Waals surface area contributed by atoms with E-state index in [9.17, 15) is 0 Å². The van der Waals surface area contributed by atoms with Gasteiger partial charge < -0.3 is 19.5 Å². The Bertz CT molecular complexity index is 1060. The Morgan fingerprint density at radius 1 is 1.13 bits per heavy atom. The molecule has 160 valence electrons. The highest BCUT2D eigenvalue weighted by molar-refractivity contribution is 7.80. The topological polar surface area (TPSA) is 55.2 Å². The number of aryl methyl sites for hydroxylation is 1. The van der Waals surface area contributed by atoms with E-state index in [-0.39, 0.29) is 18.2 Å². The zero-order valence-corrected chi connectivity index (χ0v) is 18.7. The van der Waals surface area contributed by atoms with Crippen LogP contribution in [-0.2, 0) is 4.74 Å². The second kappa shape index (κ2) is 8.40. The van der Waals surface area contributed by atoms with E-state index in [1.807, 2.05) is 42.7 Å². The van der Waals surface area contributed by atoms with E-state index in [1.54, 1.807) is 0 Å². The largest absolute Gasteiger partial charge is 0.376 e. The molecular weight excluding hydrogens is 406 g/mol. The molecule has 2 saturated heterocycles. The summed E-state index contributed by atoms with van der Waals surface area (Å²) < 4.78 is 8.18. The highest BCUT2D eigenvalue weighted by Gasteiger charge is 2.42. The molecule has 31 heavy (non-hydrogen) atoms. The normalized spacial score (nSPS) is 23.4. The van der Waals surface area contributed by atoms with Crippen molar-refractivity contribution in [3.63, 3.8) is 0 Å². The summed E-state index contributed by atoms with van der Waals surface area (Å²) in [7, 11) is 0. The van der Waals surface area contributed by atoms with Gasteiger partial charge in [0.2, 0.25) is 0 Å². The average Bonchev–Trinajstić information content (AvgIpc) is 3.49. The number of thiocarbonyl (C=S) groups is 1. The summed E-state index contributed by atoms with van der Waals surface area (Å²) in [5, 5.41) is 4.32. The number of ether oxygens (including phenoxy) is 1. The third-order valence-corrected chi connectivity index (χ3v) is 6.64. The van der Waals surface area contributed by atoms with Crippen molar-refractivity contribution < 1.29 is 4.74 Å². The van der Waals surface area contributed by atoms with Gasteiger partial charge in [0.25, 0.3) is 0 Å². The molecule has 1 N–H and O–H groups in total. The number of nitrogens with zero attached hydrogens (tertiary/aromatic N) is 4. The highest BCUT2D eigenvalue weighted by atomic mass is 32.1. The van der Waals surface area contributed by atoms with Gasteiger partial charge in [-0.3, -0.25) is 4.98 Å². The third-order valence-electron chi connectivity index (χ3n) is 6.29. The Morgan fingerprint density at radius 3 is 2.61 bits per heavy atom. The molecule has 5 heterocycles. The van der Waals surface area contributed by atoms with Crippen molar-refractivity contribution in [1.29, 1.82) is 0 Å². The summed E-state index contributed by atoms with van der Waals surface area (Å²) >= 11 is 5.82. The van der Waals surface area contributed by atoms with Gasteiger partial charge in [-0.05, 0) is 74.8 Å². The standard InChI is InChI=1S/C24H27N5OS/c1-16-14-19(17(2)29(16)21-10-4-6-12-26-21)23-22(20-9-3-5-11-25-20)27-24(31)28(23)15-18-8-7-13-30-18/h3-6,9-12,14,18,22-23H,7-8,13,15H2,1-2H3,(H,27,31)/t18-,22-,23+/m0/s1. The lowest BCUT2D eigenvalue weighted by molar-refractivity contribution is 0.0842. The van der Waals surface area contributed by atoms with Gasteiger partial charge in [0, 0.05) is 36.9 Å². The summed E-state index contributed by atoms with van der Waals surface area (Å²) in [6.07, 6.45) is 6.08. The van der Waals surface area contributed by atoms with Crippen LogP contribution in [-0.4, -0.2) is 43.8 Å². The van der Waals surface area contributed by atoms with E-state index in [0.717, 1.165) is 48.3 Å². The van der Waals surface area contributed by atoms with Gasteiger partial charge in [0.05, 0.1) is 23.9 Å². The highest BCUT2D eigenvalue weighted by Crippen LogP contribution is 2.41. The molecule has 0 spiro atoms. The van der Waals surface area contributed by atoms with Gasteiger partial charge in [-0.25, -0.2) is 4.98 Å². The SMILES string of the molecule is Cc1cc([C@@H]2[C@H](c3ccccn3)NC(=S)N2C[C@@H]2CCCO2)c(C)n1-c1ccccn1. The molecule has 2 fully saturated rings. The molecule has 0 amide bonds. The van der Waals surface area contributed by atoms with E-state index < -0.39 is 0 Å². The van der Waals surface area contributed by atoms with Gasteiger partial charge in [-0.2, -0.15) is 0 Å². The molecule has 7 heteroatoms. The third kappa shape index (κ3) is 3.72. The lowest BCUT2D eigenvalue weighted by Crippen LogP contribution is -2.36. The predicted octanol–water partition coefficient (Wildman–Crippen LogP) is 4.04. The molecule has 0 aromatic carbocycles. The first kappa shape index (κ1) is 20.2. The Labute approximate surface area is 188 Å². The van der Waals surface area contributed by atoms with Crippen LogP contribution in [0.25, 0.3) is 5.82 Å². The predicted molar refractivity (Wildman–Crippen MR) is 124 cm³/mol. The fourth-order valence-electron chi connectivity index (χ4n) is 4.87. The first-order valence-electron chi connectivity index (χ1n) is 10.8. The Morgan fingerprint density at radius 2 is 1.94 bits per heavy atom. The van der Waals surface area contributed by atoms with Crippen LogP contribution >= 0.6 is 12.2 Å². The zero-order chi connectivity index (χ0) is 21.4. The van der Waals surface area contributed by atoms with Crippen LogP contribution in [0.4, 0.5) is 0 Å². The molecule has 0 unspecified atom stereocenters. The van der Waals surface area contributed by atoms with Crippen molar-refractivity contribution in [2.24, 2.45) is 0 Å². The van der Waals surface area contributed by atoms with Gasteiger partial charge in [-0.15, -0.1) is 0 Å². The fourth-order valence-corrected chi connectivity index (χ4v) is 5.19. The van der Waals surface area contributed by atoms with Crippen LogP contribution in [0, 0.1) is 13.8 Å². The summed E-state index contributed by atoms with van der Waals surface area (Å²) in [5.41, 5.74) is 4.56. The molecule has 0 saturated carbocycles. The van der Waals surface area contributed by atoms with Gasteiger partial charge in [0.15, 0.2) is 5.11 Å². The van der Waals surface area contributed by atoms with Crippen LogP contribution in [0.5, 0.6) is 0 Å². The zero-order valence-electron chi connectivity index (χ0n) is 17.9. The minimum Gasteiger partial charge on any atom is -0.376 e. The number of nitrogens with one attached hydrogen (secondary N) is 1. The lowest BCUT2D eigenvalue weighted by Gasteiger charge is -2.30. The molecule has 2 aliphatic rings. The van der Waals surface area contributed by atoms with Crippen molar-refractivity contribution in [2.45, 2.75) is 44.9 Å². The Balaban J connectivity index is 1.59. The molecule has 3 atom stereocenters. The average molecular weight is 434 g/mol. The van der Waals surface area contributed by atoms with Crippen LogP contribution in [0.15, 0.2) is 54.9 Å². The summed E-state index contributed by atoms with van der Waals surface area (Å²) in [5.74, 6) is 0.928. The molecule has 0 radical (unpaired) electrons. The molecule has 5 rings (SSSR count). The second-order valence-corrected chi connectivity index (χ2v) is 8.65. The second-order valence-electron chi connectivity index (χ2n) is 8.26. The molecule has 2 aliphatic heterocycles.